The minimum absolute atomic E-state index is 0.111. The fourth-order valence-electron chi connectivity index (χ4n) is 2.54. The van der Waals surface area contributed by atoms with Gasteiger partial charge in [-0.3, -0.25) is 4.79 Å². The van der Waals surface area contributed by atoms with E-state index in [-0.39, 0.29) is 17.4 Å². The van der Waals surface area contributed by atoms with E-state index in [0.29, 0.717) is 6.61 Å². The number of hydrogen-bond acceptors (Lipinski definition) is 4. The highest BCUT2D eigenvalue weighted by Crippen LogP contribution is 2.12. The molecule has 0 aliphatic carbocycles. The molecule has 2 aromatic carbocycles. The normalized spacial score (nSPS) is 13.7. The predicted octanol–water partition coefficient (Wildman–Crippen LogP) is 1.87. The van der Waals surface area contributed by atoms with Gasteiger partial charge in [0.05, 0.1) is 11.5 Å². The van der Waals surface area contributed by atoms with E-state index in [1.54, 1.807) is 6.92 Å². The van der Waals surface area contributed by atoms with Crippen molar-refractivity contribution in [1.82, 2.24) is 10.0 Å². The lowest BCUT2D eigenvalue weighted by Gasteiger charge is -2.21. The summed E-state index contributed by atoms with van der Waals surface area (Å²) in [5.74, 6) is -1.00. The molecule has 0 spiro atoms. The summed E-state index contributed by atoms with van der Waals surface area (Å²) < 4.78 is 45.7. The zero-order valence-electron chi connectivity index (χ0n) is 15.2. The van der Waals surface area contributed by atoms with Crippen molar-refractivity contribution < 1.29 is 22.3 Å². The van der Waals surface area contributed by atoms with Gasteiger partial charge in [-0.1, -0.05) is 30.3 Å². The van der Waals surface area contributed by atoms with E-state index in [1.807, 2.05) is 30.3 Å². The lowest BCUT2D eigenvalue weighted by molar-refractivity contribution is -0.123. The smallest absolute Gasteiger partial charge is 0.241 e. The number of hydrogen-bond donors (Lipinski definition) is 2. The van der Waals surface area contributed by atoms with Gasteiger partial charge < -0.3 is 10.1 Å². The van der Waals surface area contributed by atoms with Crippen molar-refractivity contribution in [2.75, 3.05) is 13.7 Å². The van der Waals surface area contributed by atoms with Crippen LogP contribution in [0.1, 0.15) is 12.5 Å². The summed E-state index contributed by atoms with van der Waals surface area (Å²) in [6, 6.07) is 12.2. The Bertz CT molecular complexity index is 842. The van der Waals surface area contributed by atoms with Crippen molar-refractivity contribution >= 4 is 15.9 Å². The summed E-state index contributed by atoms with van der Waals surface area (Å²) in [7, 11) is -2.48. The number of methoxy groups -OCH3 is 1. The molecule has 0 unspecified atom stereocenters. The second-order valence-corrected chi connectivity index (χ2v) is 7.90. The van der Waals surface area contributed by atoms with Crippen LogP contribution < -0.4 is 10.0 Å². The number of ether oxygens (including phenoxy) is 1. The summed E-state index contributed by atoms with van der Waals surface area (Å²) >= 11 is 0. The predicted molar refractivity (Wildman–Crippen MR) is 100 cm³/mol. The van der Waals surface area contributed by atoms with Gasteiger partial charge in [0.1, 0.15) is 11.9 Å². The third-order valence-corrected chi connectivity index (χ3v) is 5.31. The van der Waals surface area contributed by atoms with Gasteiger partial charge in [0.2, 0.25) is 15.9 Å². The third kappa shape index (κ3) is 6.42. The van der Waals surface area contributed by atoms with E-state index in [1.165, 1.54) is 7.11 Å². The molecule has 0 bridgehead atoms. The highest BCUT2D eigenvalue weighted by Gasteiger charge is 2.27. The second-order valence-electron chi connectivity index (χ2n) is 6.18. The summed E-state index contributed by atoms with van der Waals surface area (Å²) in [6.45, 7) is 2.06. The van der Waals surface area contributed by atoms with E-state index >= 15 is 0 Å². The molecule has 6 nitrogen and oxygen atoms in total. The van der Waals surface area contributed by atoms with Crippen molar-refractivity contribution in [3.63, 3.8) is 0 Å². The molecule has 0 saturated heterocycles. The van der Waals surface area contributed by atoms with E-state index in [4.69, 9.17) is 4.74 Å². The Kier molecular flexibility index (Phi) is 7.46. The molecule has 8 heteroatoms. The van der Waals surface area contributed by atoms with Gasteiger partial charge in [0, 0.05) is 13.2 Å². The number of benzene rings is 2. The Morgan fingerprint density at radius 3 is 2.33 bits per heavy atom. The molecule has 0 aliphatic rings. The number of halogens is 1. The first kappa shape index (κ1) is 21.0. The van der Waals surface area contributed by atoms with Gasteiger partial charge in [-0.15, -0.1) is 0 Å². The molecule has 2 rings (SSSR count). The molecule has 2 atom stereocenters. The van der Waals surface area contributed by atoms with E-state index in [0.717, 1.165) is 29.8 Å². The van der Waals surface area contributed by atoms with Crippen molar-refractivity contribution in [3.05, 3.63) is 66.0 Å². The van der Waals surface area contributed by atoms with Gasteiger partial charge in [-0.05, 0) is 43.2 Å². The monoisotopic (exact) mass is 394 g/mol. The van der Waals surface area contributed by atoms with Crippen LogP contribution in [0.15, 0.2) is 59.5 Å². The summed E-state index contributed by atoms with van der Waals surface area (Å²) in [5, 5.41) is 2.73. The number of rotatable bonds is 9. The third-order valence-electron chi connectivity index (χ3n) is 3.83. The molecule has 1 amide bonds. The van der Waals surface area contributed by atoms with Gasteiger partial charge in [-0.25, -0.2) is 12.8 Å². The average molecular weight is 394 g/mol. The molecular weight excluding hydrogens is 371 g/mol. The van der Waals surface area contributed by atoms with Crippen molar-refractivity contribution in [1.29, 1.82) is 0 Å². The molecule has 0 aliphatic heterocycles. The average Bonchev–Trinajstić information content (AvgIpc) is 2.62. The Balaban J connectivity index is 2.22. The first-order chi connectivity index (χ1) is 12.8. The summed E-state index contributed by atoms with van der Waals surface area (Å²) in [4.78, 5) is 12.5. The fourth-order valence-corrected chi connectivity index (χ4v) is 3.74. The van der Waals surface area contributed by atoms with Crippen LogP contribution in [0.3, 0.4) is 0 Å². The Morgan fingerprint density at radius 2 is 1.74 bits per heavy atom. The molecular formula is C19H23FN2O4S. The van der Waals surface area contributed by atoms with E-state index in [9.17, 15) is 17.6 Å². The van der Waals surface area contributed by atoms with Crippen molar-refractivity contribution in [2.24, 2.45) is 0 Å². The topological polar surface area (TPSA) is 84.5 Å². The number of nitrogens with one attached hydrogen (secondary N) is 2. The quantitative estimate of drug-likeness (QED) is 0.680. The lowest BCUT2D eigenvalue weighted by Crippen LogP contribution is -2.50. The fraction of sp³-hybridized carbons (Fsp3) is 0.316. The zero-order valence-corrected chi connectivity index (χ0v) is 16.0. The molecule has 2 aromatic rings. The second kappa shape index (κ2) is 9.59. The zero-order chi connectivity index (χ0) is 19.9. The van der Waals surface area contributed by atoms with Crippen LogP contribution >= 0.6 is 0 Å². The SMILES string of the molecule is COC[C@@H](C)NC(=O)[C@@H](Cc1ccccc1)NS(=O)(=O)c1ccc(F)cc1. The highest BCUT2D eigenvalue weighted by molar-refractivity contribution is 7.89. The Hall–Kier alpha value is -2.29. The maximum absolute atomic E-state index is 13.1. The maximum Gasteiger partial charge on any atom is 0.241 e. The van der Waals surface area contributed by atoms with E-state index in [2.05, 4.69) is 10.0 Å². The molecule has 0 heterocycles. The molecule has 0 saturated carbocycles. The van der Waals surface area contributed by atoms with Crippen LogP contribution in [0.4, 0.5) is 4.39 Å². The summed E-state index contributed by atoms with van der Waals surface area (Å²) in [6.07, 6.45) is 0.173. The highest BCUT2D eigenvalue weighted by atomic mass is 32.2. The number of amides is 1. The largest absolute Gasteiger partial charge is 0.383 e. The molecule has 27 heavy (non-hydrogen) atoms. The van der Waals surface area contributed by atoms with Gasteiger partial charge in [-0.2, -0.15) is 4.72 Å². The molecule has 0 radical (unpaired) electrons. The van der Waals surface area contributed by atoms with Crippen LogP contribution in [0, 0.1) is 5.82 Å². The van der Waals surface area contributed by atoms with Crippen molar-refractivity contribution in [3.8, 4) is 0 Å². The van der Waals surface area contributed by atoms with Crippen LogP contribution in [0.25, 0.3) is 0 Å². The number of sulfonamides is 1. The summed E-state index contributed by atoms with van der Waals surface area (Å²) in [5.41, 5.74) is 0.804. The molecule has 146 valence electrons. The van der Waals surface area contributed by atoms with Gasteiger partial charge in [0.25, 0.3) is 0 Å². The van der Waals surface area contributed by atoms with Crippen LogP contribution in [0.2, 0.25) is 0 Å². The van der Waals surface area contributed by atoms with Gasteiger partial charge in [0.15, 0.2) is 0 Å². The molecule has 2 N–H and O–H groups in total. The lowest BCUT2D eigenvalue weighted by atomic mass is 10.1. The number of carbonyl (C=O) groups is 1. The minimum atomic E-state index is -4.00. The van der Waals surface area contributed by atoms with E-state index < -0.39 is 27.8 Å². The van der Waals surface area contributed by atoms with Crippen LogP contribution in [0.5, 0.6) is 0 Å². The first-order valence-electron chi connectivity index (χ1n) is 8.43. The van der Waals surface area contributed by atoms with Crippen LogP contribution in [-0.2, 0) is 26.0 Å². The van der Waals surface area contributed by atoms with Crippen molar-refractivity contribution in [2.45, 2.75) is 30.3 Å². The standard InChI is InChI=1S/C19H23FN2O4S/c1-14(13-26-2)21-19(23)18(12-15-6-4-3-5-7-15)22-27(24,25)17-10-8-16(20)9-11-17/h3-11,14,18,22H,12-13H2,1-2H3,(H,21,23)/t14-,18-/m1/s1. The molecule has 0 aromatic heterocycles. The Labute approximate surface area is 158 Å². The Morgan fingerprint density at radius 1 is 1.11 bits per heavy atom. The number of carbonyl (C=O) groups excluding carboxylic acids is 1. The first-order valence-corrected chi connectivity index (χ1v) is 9.91. The maximum atomic E-state index is 13.1. The van der Waals surface area contributed by atoms with Crippen LogP contribution in [-0.4, -0.2) is 40.1 Å². The minimum Gasteiger partial charge on any atom is -0.383 e. The van der Waals surface area contributed by atoms with Gasteiger partial charge >= 0.3 is 0 Å². The molecule has 0 fully saturated rings.